The molecule has 0 heterocycles. The van der Waals surface area contributed by atoms with Gasteiger partial charge < -0.3 is 5.11 Å². The van der Waals surface area contributed by atoms with Gasteiger partial charge in [0.1, 0.15) is 0 Å². The molecule has 1 atom stereocenters. The van der Waals surface area contributed by atoms with Crippen molar-refractivity contribution >= 4 is 5.97 Å². The van der Waals surface area contributed by atoms with Crippen molar-refractivity contribution in [1.29, 1.82) is 0 Å². The van der Waals surface area contributed by atoms with E-state index >= 15 is 0 Å². The van der Waals surface area contributed by atoms with Crippen LogP contribution in [0.15, 0.2) is 0 Å². The van der Waals surface area contributed by atoms with Crippen LogP contribution in [0.5, 0.6) is 0 Å². The number of rotatable bonds is 17. The van der Waals surface area contributed by atoms with Gasteiger partial charge in [-0.3, -0.25) is 9.18 Å². The van der Waals surface area contributed by atoms with E-state index in [-0.39, 0.29) is 36.2 Å². The summed E-state index contributed by atoms with van der Waals surface area (Å²) in [7, 11) is 0. The van der Waals surface area contributed by atoms with Gasteiger partial charge in [-0.05, 0) is 18.8 Å². The minimum Gasteiger partial charge on any atom is -0.481 e. The second kappa shape index (κ2) is 20.4. The third-order valence-corrected chi connectivity index (χ3v) is 4.42. The maximum absolute atomic E-state index is 11.9. The van der Waals surface area contributed by atoms with Crippen molar-refractivity contribution in [3.8, 4) is 0 Å². The zero-order valence-corrected chi connectivity index (χ0v) is 17.6. The summed E-state index contributed by atoms with van der Waals surface area (Å²) >= 11 is 0. The van der Waals surface area contributed by atoms with Crippen molar-refractivity contribution in [2.45, 2.75) is 103 Å². The van der Waals surface area contributed by atoms with E-state index in [1.165, 1.54) is 64.2 Å². The van der Waals surface area contributed by atoms with Crippen LogP contribution < -0.4 is 29.6 Å². The topological polar surface area (TPSA) is 37.3 Å². The molecule has 0 saturated heterocycles. The summed E-state index contributed by atoms with van der Waals surface area (Å²) in [5, 5.41) is 8.54. The van der Waals surface area contributed by atoms with Gasteiger partial charge in [-0.2, -0.15) is 0 Å². The van der Waals surface area contributed by atoms with Crippen LogP contribution in [0.4, 0.5) is 4.39 Å². The van der Waals surface area contributed by atoms with E-state index in [9.17, 15) is 9.18 Å². The molecule has 0 aromatic rings. The van der Waals surface area contributed by atoms with Crippen molar-refractivity contribution in [3.63, 3.8) is 0 Å². The Morgan fingerprint density at radius 2 is 1.17 bits per heavy atom. The fraction of sp³-hybridized carbons (Fsp3) is 0.947. The number of carboxylic acid groups (broad SMARTS) is 1. The van der Waals surface area contributed by atoms with Crippen LogP contribution in [-0.4, -0.2) is 17.8 Å². The van der Waals surface area contributed by atoms with Crippen LogP contribution in [0.25, 0.3) is 0 Å². The predicted molar refractivity (Wildman–Crippen MR) is 92.0 cm³/mol. The average molecular weight is 339 g/mol. The zero-order valence-electron chi connectivity index (χ0n) is 15.6. The monoisotopic (exact) mass is 339 g/mol. The minimum absolute atomic E-state index is 0. The van der Waals surface area contributed by atoms with E-state index in [4.69, 9.17) is 5.11 Å². The van der Waals surface area contributed by atoms with Gasteiger partial charge in [0, 0.05) is 6.42 Å². The number of aliphatic carboxylic acids is 1. The first-order valence-corrected chi connectivity index (χ1v) is 9.44. The smallest absolute Gasteiger partial charge is 0.481 e. The molecule has 0 saturated carbocycles. The molecule has 2 nitrogen and oxygen atoms in total. The van der Waals surface area contributed by atoms with Gasteiger partial charge in [0.2, 0.25) is 0 Å². The molecule has 0 aliphatic heterocycles. The standard InChI is InChI=1S/C19H37FO2.Na/c1-18(15-11-7-4-5-9-13-17-20)14-10-6-2-3-8-12-16-19(21)22;/h18H,2-17H2,1H3,(H,21,22);/q;+1. The van der Waals surface area contributed by atoms with Crippen LogP contribution in [0.2, 0.25) is 0 Å². The van der Waals surface area contributed by atoms with E-state index in [2.05, 4.69) is 6.92 Å². The third kappa shape index (κ3) is 22.4. The largest absolute Gasteiger partial charge is 1.00 e. The number of hydrogen-bond donors (Lipinski definition) is 1. The van der Waals surface area contributed by atoms with E-state index in [0.29, 0.717) is 6.42 Å². The van der Waals surface area contributed by atoms with Gasteiger partial charge in [0.25, 0.3) is 0 Å². The maximum Gasteiger partial charge on any atom is 1.00 e. The van der Waals surface area contributed by atoms with E-state index in [1.807, 2.05) is 0 Å². The molecule has 23 heavy (non-hydrogen) atoms. The van der Waals surface area contributed by atoms with Crippen LogP contribution in [0.3, 0.4) is 0 Å². The van der Waals surface area contributed by atoms with E-state index in [1.54, 1.807) is 0 Å². The van der Waals surface area contributed by atoms with Crippen LogP contribution >= 0.6 is 0 Å². The quantitative estimate of drug-likeness (QED) is 0.325. The first-order valence-electron chi connectivity index (χ1n) is 9.44. The van der Waals surface area contributed by atoms with E-state index in [0.717, 1.165) is 31.6 Å². The van der Waals surface area contributed by atoms with Gasteiger partial charge in [-0.1, -0.05) is 84.0 Å². The van der Waals surface area contributed by atoms with Crippen molar-refractivity contribution in [1.82, 2.24) is 0 Å². The Labute approximate surface area is 165 Å². The molecule has 0 aliphatic rings. The number of unbranched alkanes of at least 4 members (excludes halogenated alkanes) is 10. The van der Waals surface area contributed by atoms with Gasteiger partial charge in [0.05, 0.1) is 6.67 Å². The Balaban J connectivity index is 0. The molecular weight excluding hydrogens is 302 g/mol. The number of halogens is 1. The van der Waals surface area contributed by atoms with Gasteiger partial charge >= 0.3 is 35.5 Å². The number of hydrogen-bond acceptors (Lipinski definition) is 1. The molecule has 0 radical (unpaired) electrons. The molecule has 0 rings (SSSR count). The molecule has 0 aromatic carbocycles. The molecule has 1 unspecified atom stereocenters. The van der Waals surface area contributed by atoms with Crippen LogP contribution in [-0.2, 0) is 4.79 Å². The number of alkyl halides is 1. The van der Waals surface area contributed by atoms with Crippen molar-refractivity contribution in [3.05, 3.63) is 0 Å². The second-order valence-corrected chi connectivity index (χ2v) is 6.76. The van der Waals surface area contributed by atoms with E-state index < -0.39 is 5.97 Å². The molecule has 0 aliphatic carbocycles. The van der Waals surface area contributed by atoms with Gasteiger partial charge in [-0.25, -0.2) is 0 Å². The summed E-state index contributed by atoms with van der Waals surface area (Å²) in [6, 6.07) is 0. The Morgan fingerprint density at radius 1 is 0.783 bits per heavy atom. The number of carboxylic acids is 1. The normalized spacial score (nSPS) is 11.9. The van der Waals surface area contributed by atoms with Gasteiger partial charge in [-0.15, -0.1) is 0 Å². The molecule has 0 aromatic heterocycles. The second-order valence-electron chi connectivity index (χ2n) is 6.76. The molecule has 132 valence electrons. The molecule has 0 bridgehead atoms. The summed E-state index contributed by atoms with van der Waals surface area (Å²) < 4.78 is 11.9. The Hall–Kier alpha value is 0.400. The van der Waals surface area contributed by atoms with Gasteiger partial charge in [0.15, 0.2) is 0 Å². The summed E-state index contributed by atoms with van der Waals surface area (Å²) in [6.07, 6.45) is 16.8. The fourth-order valence-electron chi connectivity index (χ4n) is 2.91. The Kier molecular flexibility index (Phi) is 22.8. The zero-order chi connectivity index (χ0) is 16.5. The minimum atomic E-state index is -0.670. The average Bonchev–Trinajstić information content (AvgIpc) is 2.48. The van der Waals surface area contributed by atoms with Crippen LogP contribution in [0, 0.1) is 5.92 Å². The SMILES string of the molecule is CC(CCCCCCCCF)CCCCCCCCC(=O)O.[Na+]. The van der Waals surface area contributed by atoms with Crippen LogP contribution in [0.1, 0.15) is 103 Å². The van der Waals surface area contributed by atoms with Crippen molar-refractivity contribution < 1.29 is 43.8 Å². The number of carbonyl (C=O) groups is 1. The Bertz CT molecular complexity index is 250. The summed E-state index contributed by atoms with van der Waals surface area (Å²) in [5.74, 6) is 0.161. The molecular formula is C19H37FNaO2+. The summed E-state index contributed by atoms with van der Waals surface area (Å²) in [5.41, 5.74) is 0. The first kappa shape index (κ1) is 25.6. The summed E-state index contributed by atoms with van der Waals surface area (Å²) in [4.78, 5) is 10.4. The fourth-order valence-corrected chi connectivity index (χ4v) is 2.91. The van der Waals surface area contributed by atoms with Crippen molar-refractivity contribution in [2.75, 3.05) is 6.67 Å². The van der Waals surface area contributed by atoms with Crippen molar-refractivity contribution in [2.24, 2.45) is 5.92 Å². The molecule has 0 amide bonds. The molecule has 0 fully saturated rings. The molecule has 4 heteroatoms. The summed E-state index contributed by atoms with van der Waals surface area (Å²) in [6.45, 7) is 2.20. The molecule has 1 N–H and O–H groups in total. The first-order chi connectivity index (χ1) is 10.7. The third-order valence-electron chi connectivity index (χ3n) is 4.42. The maximum atomic E-state index is 11.9. The Morgan fingerprint density at radius 3 is 1.61 bits per heavy atom. The predicted octanol–water partition coefficient (Wildman–Crippen LogP) is 3.53. The molecule has 0 spiro atoms.